The number of rotatable bonds is 6. The van der Waals surface area contributed by atoms with E-state index in [2.05, 4.69) is 5.32 Å². The van der Waals surface area contributed by atoms with Gasteiger partial charge in [-0.3, -0.25) is 9.59 Å². The van der Waals surface area contributed by atoms with Crippen molar-refractivity contribution >= 4 is 23.3 Å². The van der Waals surface area contributed by atoms with Crippen LogP contribution >= 0.6 is 0 Å². The average molecular weight is 345 g/mol. The number of methoxy groups -OCH3 is 1. The Kier molecular flexibility index (Phi) is 5.84. The summed E-state index contributed by atoms with van der Waals surface area (Å²) < 4.78 is 23.9. The number of Topliss-reactive ketones (excluding diaryl/α,β-unsaturated/α-hetero) is 1. The maximum Gasteiger partial charge on any atom is 0.338 e. The summed E-state index contributed by atoms with van der Waals surface area (Å²) in [5, 5.41) is 2.41. The highest BCUT2D eigenvalue weighted by atomic mass is 19.1. The maximum atomic E-state index is 14.0. The Morgan fingerprint density at radius 1 is 1.12 bits per heavy atom. The molecule has 1 N–H and O–H groups in total. The second-order valence-corrected chi connectivity index (χ2v) is 5.11. The lowest BCUT2D eigenvalue weighted by molar-refractivity contribution is -0.114. The number of ether oxygens (including phenoxy) is 2. The Morgan fingerprint density at radius 3 is 2.52 bits per heavy atom. The Labute approximate surface area is 143 Å². The van der Waals surface area contributed by atoms with Gasteiger partial charge in [0.15, 0.2) is 6.61 Å². The van der Waals surface area contributed by atoms with Crippen LogP contribution in [0.5, 0.6) is 5.75 Å². The average Bonchev–Trinajstić information content (AvgIpc) is 2.59. The van der Waals surface area contributed by atoms with Crippen LogP contribution in [-0.2, 0) is 9.53 Å². The number of hydrogen-bond donors (Lipinski definition) is 1. The van der Waals surface area contributed by atoms with Crippen molar-refractivity contribution in [2.75, 3.05) is 19.0 Å². The Hall–Kier alpha value is -3.22. The molecule has 0 aliphatic rings. The number of anilines is 1. The summed E-state index contributed by atoms with van der Waals surface area (Å²) in [4.78, 5) is 34.9. The Bertz CT molecular complexity index is 819. The summed E-state index contributed by atoms with van der Waals surface area (Å²) in [5.41, 5.74) is 0.219. The van der Waals surface area contributed by atoms with Gasteiger partial charge < -0.3 is 14.8 Å². The summed E-state index contributed by atoms with van der Waals surface area (Å²) >= 11 is 0. The zero-order valence-electron chi connectivity index (χ0n) is 13.7. The smallest absolute Gasteiger partial charge is 0.338 e. The Morgan fingerprint density at radius 2 is 1.88 bits per heavy atom. The van der Waals surface area contributed by atoms with Crippen molar-refractivity contribution < 1.29 is 28.2 Å². The number of carbonyl (C=O) groups excluding carboxylic acids is 3. The molecule has 0 aromatic heterocycles. The van der Waals surface area contributed by atoms with Gasteiger partial charge in [-0.1, -0.05) is 6.07 Å². The van der Waals surface area contributed by atoms with Gasteiger partial charge in [-0.15, -0.1) is 0 Å². The molecule has 0 bridgehead atoms. The van der Waals surface area contributed by atoms with E-state index in [1.54, 1.807) is 12.1 Å². The normalized spacial score (nSPS) is 10.0. The third kappa shape index (κ3) is 4.87. The Balaban J connectivity index is 2.02. The number of halogens is 1. The second-order valence-electron chi connectivity index (χ2n) is 5.11. The van der Waals surface area contributed by atoms with Crippen LogP contribution in [0.2, 0.25) is 0 Å². The molecule has 25 heavy (non-hydrogen) atoms. The van der Waals surface area contributed by atoms with E-state index in [1.165, 1.54) is 38.3 Å². The van der Waals surface area contributed by atoms with Gasteiger partial charge >= 0.3 is 5.97 Å². The third-order valence-corrected chi connectivity index (χ3v) is 3.23. The van der Waals surface area contributed by atoms with Gasteiger partial charge in [0, 0.05) is 12.6 Å². The molecule has 0 fully saturated rings. The predicted octanol–water partition coefficient (Wildman–Crippen LogP) is 2.83. The minimum Gasteiger partial charge on any atom is -0.497 e. The third-order valence-electron chi connectivity index (χ3n) is 3.23. The molecule has 0 aliphatic heterocycles. The van der Waals surface area contributed by atoms with Crippen LogP contribution in [0.25, 0.3) is 0 Å². The molecule has 0 atom stereocenters. The summed E-state index contributed by atoms with van der Waals surface area (Å²) in [7, 11) is 1.46. The number of esters is 1. The zero-order valence-corrected chi connectivity index (χ0v) is 13.7. The van der Waals surface area contributed by atoms with Crippen molar-refractivity contribution in [2.45, 2.75) is 6.92 Å². The highest BCUT2D eigenvalue weighted by molar-refractivity contribution is 6.00. The van der Waals surface area contributed by atoms with Crippen LogP contribution in [0.1, 0.15) is 27.6 Å². The molecule has 2 rings (SSSR count). The number of hydrogen-bond acceptors (Lipinski definition) is 5. The first kappa shape index (κ1) is 18.1. The standard InChI is InChI=1S/C18H16FNO5/c1-11(21)20-13-6-7-15(16(19)9-13)17(22)10-25-18(23)12-4-3-5-14(8-12)24-2/h3-9H,10H2,1-2H3,(H,20,21). The number of amides is 1. The van der Waals surface area contributed by atoms with E-state index in [0.717, 1.165) is 6.07 Å². The van der Waals surface area contributed by atoms with Gasteiger partial charge in [-0.2, -0.15) is 0 Å². The SMILES string of the molecule is COc1cccc(C(=O)OCC(=O)c2ccc(NC(C)=O)cc2F)c1. The summed E-state index contributed by atoms with van der Waals surface area (Å²) in [6, 6.07) is 9.89. The van der Waals surface area contributed by atoms with Crippen LogP contribution in [0.4, 0.5) is 10.1 Å². The van der Waals surface area contributed by atoms with Crippen molar-refractivity contribution in [1.29, 1.82) is 0 Å². The number of nitrogens with one attached hydrogen (secondary N) is 1. The minimum atomic E-state index is -0.811. The molecule has 0 aliphatic carbocycles. The molecule has 6 nitrogen and oxygen atoms in total. The van der Waals surface area contributed by atoms with Gasteiger partial charge in [0.2, 0.25) is 11.7 Å². The molecule has 0 saturated carbocycles. The first-order valence-electron chi connectivity index (χ1n) is 7.32. The van der Waals surface area contributed by atoms with E-state index in [0.29, 0.717) is 5.75 Å². The van der Waals surface area contributed by atoms with E-state index in [9.17, 15) is 18.8 Å². The molecular formula is C18H16FNO5. The largest absolute Gasteiger partial charge is 0.497 e. The van der Waals surface area contributed by atoms with E-state index in [1.807, 2.05) is 0 Å². The van der Waals surface area contributed by atoms with Crippen LogP contribution in [0.3, 0.4) is 0 Å². The van der Waals surface area contributed by atoms with E-state index < -0.39 is 24.2 Å². The fourth-order valence-corrected chi connectivity index (χ4v) is 2.06. The molecule has 0 unspecified atom stereocenters. The second kappa shape index (κ2) is 8.05. The molecule has 0 spiro atoms. The summed E-state index contributed by atoms with van der Waals surface area (Å²) in [6.45, 7) is 0.682. The number of carbonyl (C=O) groups is 3. The van der Waals surface area contributed by atoms with Gasteiger partial charge in [0.1, 0.15) is 11.6 Å². The molecule has 7 heteroatoms. The molecule has 1 amide bonds. The molecule has 2 aromatic carbocycles. The highest BCUT2D eigenvalue weighted by Gasteiger charge is 2.16. The fraction of sp³-hybridized carbons (Fsp3) is 0.167. The molecule has 0 radical (unpaired) electrons. The molecule has 0 saturated heterocycles. The molecule has 2 aromatic rings. The van der Waals surface area contributed by atoms with Crippen molar-refractivity contribution in [3.63, 3.8) is 0 Å². The van der Waals surface area contributed by atoms with E-state index in [-0.39, 0.29) is 22.7 Å². The number of ketones is 1. The van der Waals surface area contributed by atoms with Crippen LogP contribution < -0.4 is 10.1 Å². The first-order valence-corrected chi connectivity index (χ1v) is 7.32. The lowest BCUT2D eigenvalue weighted by Gasteiger charge is -2.08. The van der Waals surface area contributed by atoms with Crippen molar-refractivity contribution in [2.24, 2.45) is 0 Å². The molecular weight excluding hydrogens is 329 g/mol. The first-order chi connectivity index (χ1) is 11.9. The van der Waals surface area contributed by atoms with Crippen LogP contribution in [0.15, 0.2) is 42.5 Å². The highest BCUT2D eigenvalue weighted by Crippen LogP contribution is 2.16. The van der Waals surface area contributed by atoms with Crippen molar-refractivity contribution in [3.8, 4) is 5.75 Å². The summed E-state index contributed by atoms with van der Waals surface area (Å²) in [5.74, 6) is -2.11. The van der Waals surface area contributed by atoms with Crippen LogP contribution in [-0.4, -0.2) is 31.4 Å². The predicted molar refractivity (Wildman–Crippen MR) is 88.3 cm³/mol. The van der Waals surface area contributed by atoms with Gasteiger partial charge in [-0.05, 0) is 36.4 Å². The summed E-state index contributed by atoms with van der Waals surface area (Å²) in [6.07, 6.45) is 0. The van der Waals surface area contributed by atoms with E-state index in [4.69, 9.17) is 9.47 Å². The quantitative estimate of drug-likeness (QED) is 0.643. The van der Waals surface area contributed by atoms with Crippen molar-refractivity contribution in [3.05, 3.63) is 59.4 Å². The van der Waals surface area contributed by atoms with Crippen LogP contribution in [0, 0.1) is 5.82 Å². The molecule has 130 valence electrons. The van der Waals surface area contributed by atoms with Crippen molar-refractivity contribution in [1.82, 2.24) is 0 Å². The van der Waals surface area contributed by atoms with Gasteiger partial charge in [0.05, 0.1) is 18.2 Å². The zero-order chi connectivity index (χ0) is 18.4. The molecule has 0 heterocycles. The van der Waals surface area contributed by atoms with Gasteiger partial charge in [0.25, 0.3) is 0 Å². The minimum absolute atomic E-state index is 0.216. The maximum absolute atomic E-state index is 14.0. The number of benzene rings is 2. The lowest BCUT2D eigenvalue weighted by atomic mass is 10.1. The van der Waals surface area contributed by atoms with E-state index >= 15 is 0 Å². The topological polar surface area (TPSA) is 81.7 Å². The lowest BCUT2D eigenvalue weighted by Crippen LogP contribution is -2.16. The monoisotopic (exact) mass is 345 g/mol. The fourth-order valence-electron chi connectivity index (χ4n) is 2.06. The van der Waals surface area contributed by atoms with Gasteiger partial charge in [-0.25, -0.2) is 9.18 Å².